The predicted octanol–water partition coefficient (Wildman–Crippen LogP) is 3.43. The molecule has 1 aliphatic carbocycles. The monoisotopic (exact) mass is 277 g/mol. The van der Waals surface area contributed by atoms with Gasteiger partial charge in [-0.3, -0.25) is 0 Å². The first kappa shape index (κ1) is 12.8. The van der Waals surface area contributed by atoms with E-state index in [-0.39, 0.29) is 0 Å². The molecule has 0 spiro atoms. The number of aromatic nitrogens is 2. The fourth-order valence-electron chi connectivity index (χ4n) is 2.82. The van der Waals surface area contributed by atoms with E-state index in [1.54, 1.807) is 11.3 Å². The van der Waals surface area contributed by atoms with Gasteiger partial charge in [-0.2, -0.15) is 4.98 Å². The molecule has 19 heavy (non-hydrogen) atoms. The quantitative estimate of drug-likeness (QED) is 0.930. The van der Waals surface area contributed by atoms with E-state index in [2.05, 4.69) is 22.4 Å². The Balaban J connectivity index is 1.80. The summed E-state index contributed by atoms with van der Waals surface area (Å²) in [5.74, 6) is 1.90. The molecule has 2 atom stereocenters. The topological polar surface area (TPSA) is 51.0 Å². The minimum absolute atomic E-state index is 0.370. The summed E-state index contributed by atoms with van der Waals surface area (Å²) < 4.78 is 5.51. The van der Waals surface area contributed by atoms with Crippen molar-refractivity contribution in [2.45, 2.75) is 44.6 Å². The lowest BCUT2D eigenvalue weighted by Gasteiger charge is -2.29. The van der Waals surface area contributed by atoms with E-state index < -0.39 is 0 Å². The van der Waals surface area contributed by atoms with Crippen LogP contribution in [-0.2, 0) is 0 Å². The average Bonchev–Trinajstić information content (AvgIpc) is 3.11. The highest BCUT2D eigenvalue weighted by Gasteiger charge is 2.30. The van der Waals surface area contributed by atoms with E-state index in [0.717, 1.165) is 29.6 Å². The van der Waals surface area contributed by atoms with Gasteiger partial charge in [-0.15, -0.1) is 11.3 Å². The molecule has 2 heterocycles. The fraction of sp³-hybridized carbons (Fsp3) is 0.571. The van der Waals surface area contributed by atoms with Crippen molar-refractivity contribution in [1.29, 1.82) is 0 Å². The highest BCUT2D eigenvalue weighted by molar-refractivity contribution is 7.13. The maximum atomic E-state index is 5.51. The summed E-state index contributed by atoms with van der Waals surface area (Å²) in [7, 11) is 0. The second kappa shape index (κ2) is 5.84. The van der Waals surface area contributed by atoms with E-state index in [9.17, 15) is 0 Å². The van der Waals surface area contributed by atoms with Crippen LogP contribution in [0.2, 0.25) is 0 Å². The Hall–Kier alpha value is -1.20. The lowest BCUT2D eigenvalue weighted by molar-refractivity contribution is 0.265. The molecule has 0 saturated heterocycles. The lowest BCUT2D eigenvalue weighted by atomic mass is 9.84. The molecule has 0 aromatic carbocycles. The Labute approximate surface area is 117 Å². The zero-order valence-corrected chi connectivity index (χ0v) is 11.9. The summed E-state index contributed by atoms with van der Waals surface area (Å²) in [6, 6.07) is 4.52. The summed E-state index contributed by atoms with van der Waals surface area (Å²) in [5, 5.41) is 9.71. The van der Waals surface area contributed by atoms with Crippen LogP contribution in [0.4, 0.5) is 0 Å². The van der Waals surface area contributed by atoms with Gasteiger partial charge in [0.15, 0.2) is 0 Å². The number of hydrogen-bond donors (Lipinski definition) is 1. The zero-order chi connectivity index (χ0) is 13.1. The Morgan fingerprint density at radius 2 is 2.32 bits per heavy atom. The Morgan fingerprint density at radius 1 is 1.42 bits per heavy atom. The first-order valence-corrected chi connectivity index (χ1v) is 7.87. The molecule has 1 saturated carbocycles. The molecule has 0 aliphatic heterocycles. The van der Waals surface area contributed by atoms with Crippen molar-refractivity contribution >= 4 is 11.3 Å². The van der Waals surface area contributed by atoms with Crippen LogP contribution >= 0.6 is 11.3 Å². The van der Waals surface area contributed by atoms with E-state index in [0.29, 0.717) is 12.0 Å². The standard InChI is InChI=1S/C14H19N3OS/c1-2-15-11-7-4-3-6-10(11)14-16-13(17-18-14)12-8-5-9-19-12/h5,8-11,15H,2-4,6-7H2,1H3. The molecule has 102 valence electrons. The second-order valence-corrected chi connectivity index (χ2v) is 5.94. The van der Waals surface area contributed by atoms with E-state index >= 15 is 0 Å². The van der Waals surface area contributed by atoms with Gasteiger partial charge in [0.05, 0.1) is 10.8 Å². The van der Waals surface area contributed by atoms with Crippen molar-refractivity contribution in [1.82, 2.24) is 15.5 Å². The average molecular weight is 277 g/mol. The third kappa shape index (κ3) is 2.72. The highest BCUT2D eigenvalue weighted by Crippen LogP contribution is 2.33. The van der Waals surface area contributed by atoms with Gasteiger partial charge >= 0.3 is 0 Å². The van der Waals surface area contributed by atoms with Gasteiger partial charge in [0, 0.05) is 6.04 Å². The maximum Gasteiger partial charge on any atom is 0.231 e. The van der Waals surface area contributed by atoms with Crippen molar-refractivity contribution in [3.63, 3.8) is 0 Å². The summed E-state index contributed by atoms with van der Waals surface area (Å²) >= 11 is 1.65. The highest BCUT2D eigenvalue weighted by atomic mass is 32.1. The van der Waals surface area contributed by atoms with Crippen LogP contribution in [0.5, 0.6) is 0 Å². The van der Waals surface area contributed by atoms with Gasteiger partial charge in [0.2, 0.25) is 11.7 Å². The Kier molecular flexibility index (Phi) is 3.94. The molecule has 1 aliphatic rings. The number of likely N-dealkylation sites (N-methyl/N-ethyl adjacent to an activating group) is 1. The molecule has 4 nitrogen and oxygen atoms in total. The molecule has 5 heteroatoms. The molecule has 2 aromatic rings. The third-order valence-electron chi connectivity index (χ3n) is 3.73. The summed E-state index contributed by atoms with van der Waals surface area (Å²) in [6.45, 7) is 3.14. The van der Waals surface area contributed by atoms with Crippen molar-refractivity contribution in [3.05, 3.63) is 23.4 Å². The van der Waals surface area contributed by atoms with Gasteiger partial charge in [-0.05, 0) is 30.8 Å². The lowest BCUT2D eigenvalue weighted by Crippen LogP contribution is -2.37. The number of nitrogens with zero attached hydrogens (tertiary/aromatic N) is 2. The van der Waals surface area contributed by atoms with Gasteiger partial charge in [-0.25, -0.2) is 0 Å². The van der Waals surface area contributed by atoms with Crippen molar-refractivity contribution in [3.8, 4) is 10.7 Å². The molecule has 3 rings (SSSR count). The maximum absolute atomic E-state index is 5.51. The molecule has 1 N–H and O–H groups in total. The van der Waals surface area contributed by atoms with Gasteiger partial charge in [0.1, 0.15) is 0 Å². The summed E-state index contributed by atoms with van der Waals surface area (Å²) in [5.41, 5.74) is 0. The van der Waals surface area contributed by atoms with Gasteiger partial charge < -0.3 is 9.84 Å². The van der Waals surface area contributed by atoms with Crippen LogP contribution in [0, 0.1) is 0 Å². The van der Waals surface area contributed by atoms with Crippen LogP contribution in [0.3, 0.4) is 0 Å². The van der Waals surface area contributed by atoms with Crippen LogP contribution in [0.25, 0.3) is 10.7 Å². The van der Waals surface area contributed by atoms with E-state index in [1.165, 1.54) is 19.3 Å². The van der Waals surface area contributed by atoms with E-state index in [4.69, 9.17) is 4.52 Å². The number of hydrogen-bond acceptors (Lipinski definition) is 5. The molecule has 0 amide bonds. The molecular weight excluding hydrogens is 258 g/mol. The Bertz CT molecular complexity index is 507. The van der Waals surface area contributed by atoms with Crippen molar-refractivity contribution in [2.24, 2.45) is 0 Å². The zero-order valence-electron chi connectivity index (χ0n) is 11.1. The van der Waals surface area contributed by atoms with Crippen molar-refractivity contribution in [2.75, 3.05) is 6.54 Å². The third-order valence-corrected chi connectivity index (χ3v) is 4.60. The SMILES string of the molecule is CCNC1CCCCC1c1nc(-c2cccs2)no1. The second-order valence-electron chi connectivity index (χ2n) is 4.99. The first-order valence-electron chi connectivity index (χ1n) is 6.99. The number of rotatable bonds is 4. The summed E-state index contributed by atoms with van der Waals surface area (Å²) in [6.07, 6.45) is 4.89. The first-order chi connectivity index (χ1) is 9.38. The smallest absolute Gasteiger partial charge is 0.231 e. The minimum Gasteiger partial charge on any atom is -0.339 e. The number of thiophene rings is 1. The minimum atomic E-state index is 0.370. The molecule has 0 bridgehead atoms. The molecule has 2 unspecified atom stereocenters. The van der Waals surface area contributed by atoms with Crippen LogP contribution in [0.1, 0.15) is 44.4 Å². The predicted molar refractivity (Wildman–Crippen MR) is 76.3 cm³/mol. The molecule has 2 aromatic heterocycles. The largest absolute Gasteiger partial charge is 0.339 e. The van der Waals surface area contributed by atoms with Crippen LogP contribution in [-0.4, -0.2) is 22.7 Å². The van der Waals surface area contributed by atoms with E-state index in [1.807, 2.05) is 17.5 Å². The van der Waals surface area contributed by atoms with Gasteiger partial charge in [-0.1, -0.05) is 31.0 Å². The van der Waals surface area contributed by atoms with Crippen LogP contribution < -0.4 is 5.32 Å². The van der Waals surface area contributed by atoms with Gasteiger partial charge in [0.25, 0.3) is 0 Å². The Morgan fingerprint density at radius 3 is 3.11 bits per heavy atom. The fourth-order valence-corrected chi connectivity index (χ4v) is 3.47. The normalized spacial score (nSPS) is 23.6. The van der Waals surface area contributed by atoms with Crippen molar-refractivity contribution < 1.29 is 4.52 Å². The molecular formula is C14H19N3OS. The summed E-state index contributed by atoms with van der Waals surface area (Å²) in [4.78, 5) is 5.68. The number of nitrogens with one attached hydrogen (secondary N) is 1. The molecule has 1 fully saturated rings. The molecule has 0 radical (unpaired) electrons. The van der Waals surface area contributed by atoms with Crippen LogP contribution in [0.15, 0.2) is 22.0 Å².